The number of fused-ring (bicyclic) bond motifs is 2. The Balaban J connectivity index is 0.668. The van der Waals surface area contributed by atoms with Crippen molar-refractivity contribution in [3.63, 3.8) is 0 Å². The van der Waals surface area contributed by atoms with Gasteiger partial charge in [0.25, 0.3) is 11.8 Å². The van der Waals surface area contributed by atoms with Crippen LogP contribution in [0.5, 0.6) is 0 Å². The monoisotopic (exact) mass is 850 g/mol. The van der Waals surface area contributed by atoms with Gasteiger partial charge in [-0.2, -0.15) is 0 Å². The van der Waals surface area contributed by atoms with Crippen LogP contribution in [0.2, 0.25) is 0 Å². The van der Waals surface area contributed by atoms with E-state index in [2.05, 4.69) is 79.8 Å². The molecule has 0 radical (unpaired) electrons. The molecule has 0 spiro atoms. The van der Waals surface area contributed by atoms with E-state index in [9.17, 15) is 19.2 Å². The van der Waals surface area contributed by atoms with Gasteiger partial charge in [0.15, 0.2) is 11.5 Å². The number of nitrogens with two attached hydrogens (primary N) is 1. The Morgan fingerprint density at radius 3 is 2.40 bits per heavy atom. The molecule has 0 bridgehead atoms. The summed E-state index contributed by atoms with van der Waals surface area (Å²) in [4.78, 5) is 79.4. The van der Waals surface area contributed by atoms with Gasteiger partial charge in [0.2, 0.25) is 11.8 Å². The van der Waals surface area contributed by atoms with Crippen molar-refractivity contribution in [2.24, 2.45) is 0 Å². The lowest BCUT2D eigenvalue weighted by molar-refractivity contribution is -0.136. The van der Waals surface area contributed by atoms with E-state index in [0.29, 0.717) is 58.6 Å². The lowest BCUT2D eigenvalue weighted by Gasteiger charge is -2.36. The summed E-state index contributed by atoms with van der Waals surface area (Å²) < 4.78 is 3.82. The minimum Gasteiger partial charge on any atom is -0.382 e. The highest BCUT2D eigenvalue weighted by atomic mass is 16.2. The number of piperidine rings is 1. The van der Waals surface area contributed by atoms with Crippen molar-refractivity contribution in [1.82, 2.24) is 59.3 Å². The highest BCUT2D eigenvalue weighted by Gasteiger charge is 2.46. The first-order valence-electron chi connectivity index (χ1n) is 21.2. The van der Waals surface area contributed by atoms with Crippen molar-refractivity contribution in [3.8, 4) is 11.4 Å². The fourth-order valence-corrected chi connectivity index (χ4v) is 8.88. The van der Waals surface area contributed by atoms with E-state index in [1.165, 1.54) is 6.20 Å². The zero-order valence-electron chi connectivity index (χ0n) is 34.5. The SMILES string of the molecule is Nc1cncc(-c2cn3ccnc3c(Nc3ccc(N4CCN(Cc5cn(CCCN6CCN(c7cccc8c7C(=O)N(C7CCC(=O)NC7=O)C8=O)CC6)nn5)CC4)cc3)n2)n1. The second kappa shape index (κ2) is 16.9. The van der Waals surface area contributed by atoms with Gasteiger partial charge in [0, 0.05) is 115 Å². The summed E-state index contributed by atoms with van der Waals surface area (Å²) in [5.74, 6) is -1.04. The summed E-state index contributed by atoms with van der Waals surface area (Å²) in [6.07, 6.45) is 11.8. The number of nitrogens with zero attached hydrogens (tertiary/aromatic N) is 13. The minimum absolute atomic E-state index is 0.0877. The van der Waals surface area contributed by atoms with Crippen LogP contribution in [0.1, 0.15) is 45.7 Å². The summed E-state index contributed by atoms with van der Waals surface area (Å²) in [6, 6.07) is 12.7. The fraction of sp³-hybridized carbons (Fsp3) is 0.349. The van der Waals surface area contributed by atoms with Crippen molar-refractivity contribution < 1.29 is 19.2 Å². The first-order chi connectivity index (χ1) is 30.7. The van der Waals surface area contributed by atoms with Gasteiger partial charge in [-0.15, -0.1) is 5.10 Å². The molecule has 3 saturated heterocycles. The topological polar surface area (TPSA) is 221 Å². The molecule has 3 fully saturated rings. The molecule has 1 atom stereocenters. The molecule has 20 nitrogen and oxygen atoms in total. The van der Waals surface area contributed by atoms with E-state index in [-0.39, 0.29) is 12.8 Å². The average molecular weight is 851 g/mol. The van der Waals surface area contributed by atoms with Crippen LogP contribution in [0, 0.1) is 0 Å². The highest BCUT2D eigenvalue weighted by Crippen LogP contribution is 2.35. The van der Waals surface area contributed by atoms with Crippen molar-refractivity contribution in [2.45, 2.75) is 38.4 Å². The lowest BCUT2D eigenvalue weighted by Crippen LogP contribution is -2.54. The maximum Gasteiger partial charge on any atom is 0.264 e. The molecule has 0 aliphatic carbocycles. The molecule has 6 aromatic rings. The van der Waals surface area contributed by atoms with Gasteiger partial charge in [0.1, 0.15) is 23.2 Å². The number of carbonyl (C=O) groups excluding carboxylic acids is 4. The summed E-state index contributed by atoms with van der Waals surface area (Å²) >= 11 is 0. The molecule has 8 heterocycles. The van der Waals surface area contributed by atoms with Gasteiger partial charge in [-0.05, 0) is 49.2 Å². The highest BCUT2D eigenvalue weighted by molar-refractivity contribution is 6.25. The van der Waals surface area contributed by atoms with E-state index in [1.807, 2.05) is 33.7 Å². The van der Waals surface area contributed by atoms with E-state index in [0.717, 1.165) is 87.3 Å². The van der Waals surface area contributed by atoms with Crippen molar-refractivity contribution in [3.05, 3.63) is 96.5 Å². The predicted octanol–water partition coefficient (Wildman–Crippen LogP) is 2.04. The number of hydrogen-bond acceptors (Lipinski definition) is 16. The number of imidazole rings is 1. The number of piperazine rings is 2. The molecule has 2 aromatic carbocycles. The van der Waals surface area contributed by atoms with E-state index in [1.54, 1.807) is 24.5 Å². The first kappa shape index (κ1) is 39.8. The summed E-state index contributed by atoms with van der Waals surface area (Å²) in [5.41, 5.74) is 12.1. The van der Waals surface area contributed by atoms with Crippen molar-refractivity contribution >= 4 is 58.0 Å². The second-order valence-electron chi connectivity index (χ2n) is 16.2. The molecule has 4 aliphatic rings. The number of hydrogen-bond donors (Lipinski definition) is 3. The van der Waals surface area contributed by atoms with Gasteiger partial charge in [-0.1, -0.05) is 11.3 Å². The second-order valence-corrected chi connectivity index (χ2v) is 16.2. The van der Waals surface area contributed by atoms with Gasteiger partial charge in [0.05, 0.1) is 34.9 Å². The molecule has 1 unspecified atom stereocenters. The molecule has 322 valence electrons. The summed E-state index contributed by atoms with van der Waals surface area (Å²) in [5, 5.41) is 14.6. The van der Waals surface area contributed by atoms with Crippen LogP contribution >= 0.6 is 0 Å². The first-order valence-corrected chi connectivity index (χ1v) is 21.2. The molecular weight excluding hydrogens is 805 g/mol. The number of carbonyl (C=O) groups is 4. The molecule has 4 aliphatic heterocycles. The molecule has 20 heteroatoms. The zero-order chi connectivity index (χ0) is 43.0. The Morgan fingerprint density at radius 2 is 1.60 bits per heavy atom. The minimum atomic E-state index is -0.985. The van der Waals surface area contributed by atoms with E-state index < -0.39 is 29.7 Å². The Morgan fingerprint density at radius 1 is 0.810 bits per heavy atom. The smallest absolute Gasteiger partial charge is 0.264 e. The average Bonchev–Trinajstić information content (AvgIpc) is 4.03. The fourth-order valence-electron chi connectivity index (χ4n) is 8.88. The Hall–Kier alpha value is -7.32. The molecular formula is C43H46N16O4. The van der Waals surface area contributed by atoms with Gasteiger partial charge < -0.3 is 25.3 Å². The van der Waals surface area contributed by atoms with Crippen LogP contribution in [0.15, 0.2) is 79.6 Å². The number of imide groups is 2. The van der Waals surface area contributed by atoms with Crippen LogP contribution in [0.4, 0.5) is 28.7 Å². The molecule has 0 saturated carbocycles. The summed E-state index contributed by atoms with van der Waals surface area (Å²) in [7, 11) is 0. The number of nitrogens with one attached hydrogen (secondary N) is 2. The van der Waals surface area contributed by atoms with E-state index >= 15 is 0 Å². The quantitative estimate of drug-likeness (QED) is 0.150. The third kappa shape index (κ3) is 8.12. The van der Waals surface area contributed by atoms with Crippen LogP contribution in [-0.4, -0.2) is 143 Å². The summed E-state index contributed by atoms with van der Waals surface area (Å²) in [6.45, 7) is 9.04. The molecule has 4 N–H and O–H groups in total. The van der Waals surface area contributed by atoms with Crippen molar-refractivity contribution in [1.29, 1.82) is 0 Å². The zero-order valence-corrected chi connectivity index (χ0v) is 34.5. The molecule has 63 heavy (non-hydrogen) atoms. The predicted molar refractivity (Wildman–Crippen MR) is 232 cm³/mol. The standard InChI is InChI=1S/C43H46N16O4/c44-36-24-45-23-32(48-36)33-27-57-14-11-46-40(57)39(49-33)47-28-5-7-30(8-6-28)55-19-17-54(18-20-55)25-29-26-58(52-51-29)13-2-12-53-15-21-56(22-16-53)34-4-1-3-31-38(34)43(63)59(42(31)62)35-9-10-37(60)50-41(35)61/h1,3-8,11,14,23-24,26-27,35H,2,9-10,12-13,15-22,25H2,(H2,44,48)(H,47,49)(H,50,60,61). The maximum atomic E-state index is 13.6. The van der Waals surface area contributed by atoms with Crippen LogP contribution < -0.4 is 26.2 Å². The van der Waals surface area contributed by atoms with Crippen LogP contribution in [0.25, 0.3) is 17.0 Å². The molecule has 4 amide bonds. The Labute approximate surface area is 361 Å². The van der Waals surface area contributed by atoms with E-state index in [4.69, 9.17) is 10.7 Å². The number of aromatic nitrogens is 8. The largest absolute Gasteiger partial charge is 0.382 e. The van der Waals surface area contributed by atoms with Crippen molar-refractivity contribution in [2.75, 3.05) is 79.8 Å². The van der Waals surface area contributed by atoms with Gasteiger partial charge >= 0.3 is 0 Å². The van der Waals surface area contributed by atoms with Crippen LogP contribution in [0.3, 0.4) is 0 Å². The lowest BCUT2D eigenvalue weighted by atomic mass is 10.0. The maximum absolute atomic E-state index is 13.6. The Kier molecular flexibility index (Phi) is 10.6. The number of aryl methyl sites for hydroxylation is 1. The normalized spacial score (nSPS) is 18.7. The van der Waals surface area contributed by atoms with Crippen LogP contribution in [-0.2, 0) is 22.7 Å². The number of amides is 4. The number of anilines is 5. The third-order valence-electron chi connectivity index (χ3n) is 12.1. The molecule has 10 rings (SSSR count). The number of benzene rings is 2. The number of rotatable bonds is 12. The Bertz CT molecular complexity index is 2700. The third-order valence-corrected chi connectivity index (χ3v) is 12.1. The van der Waals surface area contributed by atoms with Gasteiger partial charge in [-0.25, -0.2) is 15.0 Å². The number of nitrogen functional groups attached to an aromatic ring is 1. The molecule has 4 aromatic heterocycles. The van der Waals surface area contributed by atoms with Gasteiger partial charge in [-0.3, -0.25) is 48.9 Å².